The molecule has 0 aliphatic carbocycles. The van der Waals surface area contributed by atoms with E-state index in [2.05, 4.69) is 4.57 Å². The minimum Gasteiger partial charge on any atom is -0.494 e. The van der Waals surface area contributed by atoms with E-state index in [4.69, 9.17) is 9.72 Å². The van der Waals surface area contributed by atoms with Crippen molar-refractivity contribution in [2.45, 2.75) is 25.8 Å². The summed E-state index contributed by atoms with van der Waals surface area (Å²) >= 11 is 0. The highest BCUT2D eigenvalue weighted by atomic mass is 19.1. The van der Waals surface area contributed by atoms with E-state index in [0.717, 1.165) is 35.3 Å². The minimum atomic E-state index is -0.273. The number of piperidine rings is 1. The van der Waals surface area contributed by atoms with E-state index < -0.39 is 0 Å². The molecule has 1 fully saturated rings. The quantitative estimate of drug-likeness (QED) is 0.396. The van der Waals surface area contributed by atoms with Crippen LogP contribution in [0.4, 0.5) is 4.39 Å². The van der Waals surface area contributed by atoms with Crippen LogP contribution in [0.1, 0.15) is 36.2 Å². The molecule has 0 bridgehead atoms. The van der Waals surface area contributed by atoms with Gasteiger partial charge >= 0.3 is 0 Å². The third-order valence-corrected chi connectivity index (χ3v) is 6.19. The standard InChI is InChI=1S/C27H26FN3O2/c1-2-33-23-10-6-9-20(17-23)27(32)30-15-13-22(14-16-30)31-25-18-21(28)11-12-24(25)29-26(31)19-7-4-3-5-8-19/h3-12,17-18,22H,2,13-16H2,1H3. The van der Waals surface area contributed by atoms with Gasteiger partial charge in [0.2, 0.25) is 0 Å². The van der Waals surface area contributed by atoms with Gasteiger partial charge in [-0.05, 0) is 56.2 Å². The van der Waals surface area contributed by atoms with Crippen LogP contribution in [0.5, 0.6) is 5.75 Å². The number of amides is 1. The van der Waals surface area contributed by atoms with Crippen LogP contribution in [0, 0.1) is 5.82 Å². The second kappa shape index (κ2) is 9.06. The molecule has 3 aromatic carbocycles. The highest BCUT2D eigenvalue weighted by molar-refractivity contribution is 5.94. The van der Waals surface area contributed by atoms with Gasteiger partial charge in [0, 0.05) is 30.3 Å². The Hall–Kier alpha value is -3.67. The van der Waals surface area contributed by atoms with Crippen LogP contribution in [0.2, 0.25) is 0 Å². The molecule has 1 aromatic heterocycles. The lowest BCUT2D eigenvalue weighted by Crippen LogP contribution is -2.39. The zero-order valence-corrected chi connectivity index (χ0v) is 18.6. The summed E-state index contributed by atoms with van der Waals surface area (Å²) < 4.78 is 21.8. The third kappa shape index (κ3) is 4.21. The van der Waals surface area contributed by atoms with E-state index in [9.17, 15) is 9.18 Å². The number of fused-ring (bicyclic) bond motifs is 1. The SMILES string of the molecule is CCOc1cccc(C(=O)N2CCC(n3c(-c4ccccc4)nc4ccc(F)cc43)CC2)c1. The van der Waals surface area contributed by atoms with Crippen LogP contribution in [-0.4, -0.2) is 40.1 Å². The summed E-state index contributed by atoms with van der Waals surface area (Å²) in [7, 11) is 0. The van der Waals surface area contributed by atoms with Crippen molar-refractivity contribution >= 4 is 16.9 Å². The van der Waals surface area contributed by atoms with E-state index in [1.807, 2.05) is 60.4 Å². The molecule has 6 heteroatoms. The number of carbonyl (C=O) groups excluding carboxylic acids is 1. The third-order valence-electron chi connectivity index (χ3n) is 6.19. The van der Waals surface area contributed by atoms with Crippen molar-refractivity contribution in [2.75, 3.05) is 19.7 Å². The maximum atomic E-state index is 14.1. The van der Waals surface area contributed by atoms with Gasteiger partial charge in [0.05, 0.1) is 17.6 Å². The number of benzene rings is 3. The highest BCUT2D eigenvalue weighted by Crippen LogP contribution is 2.34. The molecule has 1 aliphatic heterocycles. The van der Waals surface area contributed by atoms with Gasteiger partial charge in [0.25, 0.3) is 5.91 Å². The molecule has 5 rings (SSSR count). The van der Waals surface area contributed by atoms with Crippen molar-refractivity contribution < 1.29 is 13.9 Å². The summed E-state index contributed by atoms with van der Waals surface area (Å²) in [5.41, 5.74) is 3.21. The van der Waals surface area contributed by atoms with Crippen LogP contribution in [0.25, 0.3) is 22.4 Å². The molecule has 0 radical (unpaired) electrons. The first kappa shape index (κ1) is 21.2. The fourth-order valence-electron chi connectivity index (χ4n) is 4.62. The second-order valence-electron chi connectivity index (χ2n) is 8.29. The maximum Gasteiger partial charge on any atom is 0.253 e. The fourth-order valence-corrected chi connectivity index (χ4v) is 4.62. The summed E-state index contributed by atoms with van der Waals surface area (Å²) in [5, 5.41) is 0. The lowest BCUT2D eigenvalue weighted by Gasteiger charge is -2.33. The van der Waals surface area contributed by atoms with Crippen LogP contribution >= 0.6 is 0 Å². The molecule has 0 spiro atoms. The molecule has 2 heterocycles. The Kier molecular flexibility index (Phi) is 5.82. The molecule has 1 aliphatic rings. The average Bonchev–Trinajstić information content (AvgIpc) is 3.23. The summed E-state index contributed by atoms with van der Waals surface area (Å²) in [6, 6.07) is 22.2. The summed E-state index contributed by atoms with van der Waals surface area (Å²) in [5.74, 6) is 1.29. The summed E-state index contributed by atoms with van der Waals surface area (Å²) in [6.07, 6.45) is 1.55. The molecule has 0 unspecified atom stereocenters. The molecule has 1 amide bonds. The van der Waals surface area contributed by atoms with Crippen LogP contribution in [0.15, 0.2) is 72.8 Å². The first-order chi connectivity index (χ1) is 16.1. The van der Waals surface area contributed by atoms with Crippen molar-refractivity contribution in [1.29, 1.82) is 0 Å². The lowest BCUT2D eigenvalue weighted by atomic mass is 10.0. The van der Waals surface area contributed by atoms with Crippen LogP contribution in [0.3, 0.4) is 0 Å². The number of hydrogen-bond donors (Lipinski definition) is 0. The second-order valence-corrected chi connectivity index (χ2v) is 8.29. The van der Waals surface area contributed by atoms with Gasteiger partial charge < -0.3 is 14.2 Å². The van der Waals surface area contributed by atoms with E-state index in [1.54, 1.807) is 18.2 Å². The lowest BCUT2D eigenvalue weighted by molar-refractivity contribution is 0.0696. The topological polar surface area (TPSA) is 47.4 Å². The van der Waals surface area contributed by atoms with Crippen LogP contribution < -0.4 is 4.74 Å². The van der Waals surface area contributed by atoms with Crippen molar-refractivity contribution in [3.05, 3.63) is 84.2 Å². The Balaban J connectivity index is 1.41. The first-order valence-corrected chi connectivity index (χ1v) is 11.4. The fraction of sp³-hybridized carbons (Fsp3) is 0.259. The molecule has 0 atom stereocenters. The van der Waals surface area contributed by atoms with Gasteiger partial charge in [-0.2, -0.15) is 0 Å². The van der Waals surface area contributed by atoms with Crippen molar-refractivity contribution in [2.24, 2.45) is 0 Å². The molecular weight excluding hydrogens is 417 g/mol. The predicted molar refractivity (Wildman–Crippen MR) is 127 cm³/mol. The van der Waals surface area contributed by atoms with Gasteiger partial charge in [0.1, 0.15) is 17.4 Å². The molecule has 4 aromatic rings. The number of aromatic nitrogens is 2. The number of imidazole rings is 1. The molecule has 5 nitrogen and oxygen atoms in total. The van der Waals surface area contributed by atoms with Gasteiger partial charge in [-0.3, -0.25) is 4.79 Å². The minimum absolute atomic E-state index is 0.0137. The van der Waals surface area contributed by atoms with E-state index in [-0.39, 0.29) is 17.8 Å². The number of nitrogens with zero attached hydrogens (tertiary/aromatic N) is 3. The number of halogens is 1. The highest BCUT2D eigenvalue weighted by Gasteiger charge is 2.28. The predicted octanol–water partition coefficient (Wildman–Crippen LogP) is 5.72. The zero-order valence-electron chi connectivity index (χ0n) is 18.6. The largest absolute Gasteiger partial charge is 0.494 e. The van der Waals surface area contributed by atoms with Gasteiger partial charge in [-0.15, -0.1) is 0 Å². The monoisotopic (exact) mass is 443 g/mol. The molecule has 168 valence electrons. The Labute approximate surface area is 192 Å². The molecule has 1 saturated heterocycles. The summed E-state index contributed by atoms with van der Waals surface area (Å²) in [6.45, 7) is 3.75. The van der Waals surface area contributed by atoms with E-state index in [1.165, 1.54) is 6.07 Å². The Morgan fingerprint density at radius 2 is 1.82 bits per heavy atom. The van der Waals surface area contributed by atoms with Crippen molar-refractivity contribution in [3.63, 3.8) is 0 Å². The van der Waals surface area contributed by atoms with Gasteiger partial charge in [0.15, 0.2) is 0 Å². The number of ether oxygens (including phenoxy) is 1. The van der Waals surface area contributed by atoms with E-state index in [0.29, 0.717) is 31.0 Å². The number of likely N-dealkylation sites (tertiary alicyclic amines) is 1. The Bertz CT molecular complexity index is 1280. The van der Waals surface area contributed by atoms with Crippen molar-refractivity contribution in [1.82, 2.24) is 14.5 Å². The maximum absolute atomic E-state index is 14.1. The number of hydrogen-bond acceptors (Lipinski definition) is 3. The number of carbonyl (C=O) groups is 1. The first-order valence-electron chi connectivity index (χ1n) is 11.4. The molecule has 0 N–H and O–H groups in total. The Morgan fingerprint density at radius 1 is 1.03 bits per heavy atom. The van der Waals surface area contributed by atoms with Gasteiger partial charge in [-0.25, -0.2) is 9.37 Å². The van der Waals surface area contributed by atoms with Crippen molar-refractivity contribution in [3.8, 4) is 17.1 Å². The van der Waals surface area contributed by atoms with Gasteiger partial charge in [-0.1, -0.05) is 36.4 Å². The van der Waals surface area contributed by atoms with Crippen LogP contribution in [-0.2, 0) is 0 Å². The smallest absolute Gasteiger partial charge is 0.253 e. The van der Waals surface area contributed by atoms with E-state index >= 15 is 0 Å². The number of rotatable bonds is 5. The average molecular weight is 444 g/mol. The molecule has 33 heavy (non-hydrogen) atoms. The molecule has 0 saturated carbocycles. The summed E-state index contributed by atoms with van der Waals surface area (Å²) in [4.78, 5) is 19.8. The zero-order chi connectivity index (χ0) is 22.8. The Morgan fingerprint density at radius 3 is 2.58 bits per heavy atom. The molecular formula is C27H26FN3O2. The normalized spacial score (nSPS) is 14.5.